The van der Waals surface area contributed by atoms with Crippen molar-refractivity contribution in [1.82, 2.24) is 4.98 Å². The molecule has 1 aromatic heterocycles. The molecule has 0 aliphatic carbocycles. The highest BCUT2D eigenvalue weighted by atomic mass is 35.5. The lowest BCUT2D eigenvalue weighted by Crippen LogP contribution is -2.11. The second kappa shape index (κ2) is 5.71. The summed E-state index contributed by atoms with van der Waals surface area (Å²) in [5.74, 6) is -1.05. The third-order valence-corrected chi connectivity index (χ3v) is 3.10. The van der Waals surface area contributed by atoms with Crippen LogP contribution < -0.4 is 5.32 Å². The molecule has 1 aromatic carbocycles. The highest BCUT2D eigenvalue weighted by Gasteiger charge is 2.16. The van der Waals surface area contributed by atoms with Gasteiger partial charge in [-0.05, 0) is 30.7 Å². The third-order valence-electron chi connectivity index (χ3n) is 2.78. The standard InChI is InChI=1S/C14H13ClN2O2/c1-9(10-4-3-7-16-8-10)17-12-6-2-5-11(15)13(12)14(18)19/h2-9,17H,1H3,(H,18,19). The van der Waals surface area contributed by atoms with E-state index in [2.05, 4.69) is 10.3 Å². The fourth-order valence-electron chi connectivity index (χ4n) is 1.81. The first-order valence-corrected chi connectivity index (χ1v) is 6.15. The summed E-state index contributed by atoms with van der Waals surface area (Å²) in [6, 6.07) is 8.67. The Labute approximate surface area is 116 Å². The van der Waals surface area contributed by atoms with Crippen LogP contribution in [0.15, 0.2) is 42.7 Å². The molecule has 0 aliphatic rings. The molecule has 4 nitrogen and oxygen atoms in total. The van der Waals surface area contributed by atoms with E-state index in [1.807, 2.05) is 19.1 Å². The molecule has 0 fully saturated rings. The molecule has 1 unspecified atom stereocenters. The van der Waals surface area contributed by atoms with Crippen LogP contribution in [0.2, 0.25) is 5.02 Å². The van der Waals surface area contributed by atoms with Gasteiger partial charge in [0, 0.05) is 12.4 Å². The second-order valence-corrected chi connectivity index (χ2v) is 4.53. The van der Waals surface area contributed by atoms with Crippen molar-refractivity contribution in [2.75, 3.05) is 5.32 Å². The lowest BCUT2D eigenvalue weighted by Gasteiger charge is -2.17. The Morgan fingerprint density at radius 2 is 2.16 bits per heavy atom. The van der Waals surface area contributed by atoms with Crippen molar-refractivity contribution in [1.29, 1.82) is 0 Å². The minimum absolute atomic E-state index is 0.0646. The summed E-state index contributed by atoms with van der Waals surface area (Å²) < 4.78 is 0. The van der Waals surface area contributed by atoms with Gasteiger partial charge in [-0.15, -0.1) is 0 Å². The van der Waals surface area contributed by atoms with Gasteiger partial charge >= 0.3 is 5.97 Å². The van der Waals surface area contributed by atoms with Crippen molar-refractivity contribution in [3.05, 3.63) is 58.9 Å². The number of anilines is 1. The highest BCUT2D eigenvalue weighted by Crippen LogP contribution is 2.27. The zero-order valence-electron chi connectivity index (χ0n) is 10.3. The van der Waals surface area contributed by atoms with Crippen LogP contribution in [0.1, 0.15) is 28.9 Å². The van der Waals surface area contributed by atoms with Crippen LogP contribution in [-0.2, 0) is 0 Å². The Balaban J connectivity index is 2.29. The van der Waals surface area contributed by atoms with E-state index in [9.17, 15) is 9.90 Å². The van der Waals surface area contributed by atoms with E-state index in [4.69, 9.17) is 11.6 Å². The van der Waals surface area contributed by atoms with Gasteiger partial charge in [-0.1, -0.05) is 23.7 Å². The van der Waals surface area contributed by atoms with Gasteiger partial charge in [0.25, 0.3) is 0 Å². The average molecular weight is 277 g/mol. The maximum Gasteiger partial charge on any atom is 0.339 e. The van der Waals surface area contributed by atoms with Crippen LogP contribution >= 0.6 is 11.6 Å². The average Bonchev–Trinajstić information content (AvgIpc) is 2.39. The van der Waals surface area contributed by atoms with Crippen LogP contribution in [0.25, 0.3) is 0 Å². The Morgan fingerprint density at radius 1 is 1.37 bits per heavy atom. The lowest BCUT2D eigenvalue weighted by molar-refractivity contribution is 0.0698. The number of hydrogen-bond donors (Lipinski definition) is 2. The topological polar surface area (TPSA) is 62.2 Å². The third kappa shape index (κ3) is 3.03. The van der Waals surface area contributed by atoms with Crippen molar-refractivity contribution in [2.45, 2.75) is 13.0 Å². The number of carboxylic acid groups (broad SMARTS) is 1. The van der Waals surface area contributed by atoms with Crippen LogP contribution in [0.4, 0.5) is 5.69 Å². The first kappa shape index (κ1) is 13.4. The first-order chi connectivity index (χ1) is 9.09. The van der Waals surface area contributed by atoms with Crippen LogP contribution in [0.5, 0.6) is 0 Å². The van der Waals surface area contributed by atoms with Gasteiger partial charge in [-0.2, -0.15) is 0 Å². The van der Waals surface area contributed by atoms with Crippen molar-refractivity contribution < 1.29 is 9.90 Å². The molecule has 2 aromatic rings. The lowest BCUT2D eigenvalue weighted by atomic mass is 10.1. The van der Waals surface area contributed by atoms with Crippen molar-refractivity contribution in [2.24, 2.45) is 0 Å². The zero-order valence-corrected chi connectivity index (χ0v) is 11.1. The summed E-state index contributed by atoms with van der Waals surface area (Å²) in [6.45, 7) is 1.93. The van der Waals surface area contributed by atoms with Crippen LogP contribution in [0.3, 0.4) is 0 Å². The fraction of sp³-hybridized carbons (Fsp3) is 0.143. The highest BCUT2D eigenvalue weighted by molar-refractivity contribution is 6.34. The van der Waals surface area contributed by atoms with E-state index >= 15 is 0 Å². The number of aromatic carboxylic acids is 1. The van der Waals surface area contributed by atoms with Crippen LogP contribution in [-0.4, -0.2) is 16.1 Å². The first-order valence-electron chi connectivity index (χ1n) is 5.78. The van der Waals surface area contributed by atoms with Gasteiger partial charge in [-0.3, -0.25) is 4.98 Å². The number of pyridine rings is 1. The molecular formula is C14H13ClN2O2. The van der Waals surface area contributed by atoms with E-state index in [1.165, 1.54) is 0 Å². The maximum atomic E-state index is 11.2. The molecule has 1 heterocycles. The smallest absolute Gasteiger partial charge is 0.339 e. The van der Waals surface area contributed by atoms with Gasteiger partial charge in [0.2, 0.25) is 0 Å². The number of nitrogens with one attached hydrogen (secondary N) is 1. The zero-order chi connectivity index (χ0) is 13.8. The number of carboxylic acids is 1. The van der Waals surface area contributed by atoms with Gasteiger partial charge in [-0.25, -0.2) is 4.79 Å². The van der Waals surface area contributed by atoms with E-state index < -0.39 is 5.97 Å². The fourth-order valence-corrected chi connectivity index (χ4v) is 2.07. The summed E-state index contributed by atoms with van der Waals surface area (Å²) >= 11 is 5.92. The van der Waals surface area contributed by atoms with Crippen molar-refractivity contribution in [3.8, 4) is 0 Å². The van der Waals surface area contributed by atoms with E-state index in [0.29, 0.717) is 5.69 Å². The molecule has 0 saturated carbocycles. The molecule has 0 amide bonds. The minimum Gasteiger partial charge on any atom is -0.478 e. The minimum atomic E-state index is -1.05. The van der Waals surface area contributed by atoms with Gasteiger partial charge in [0.15, 0.2) is 0 Å². The number of carbonyl (C=O) groups is 1. The number of hydrogen-bond acceptors (Lipinski definition) is 3. The monoisotopic (exact) mass is 276 g/mol. The molecule has 5 heteroatoms. The molecule has 98 valence electrons. The quantitative estimate of drug-likeness (QED) is 0.895. The predicted molar refractivity (Wildman–Crippen MR) is 74.7 cm³/mol. The second-order valence-electron chi connectivity index (χ2n) is 4.12. The predicted octanol–water partition coefficient (Wildman–Crippen LogP) is 3.61. The normalized spacial score (nSPS) is 11.9. The molecule has 0 radical (unpaired) electrons. The Morgan fingerprint density at radius 3 is 2.79 bits per heavy atom. The molecule has 0 aliphatic heterocycles. The Hall–Kier alpha value is -2.07. The van der Waals surface area contributed by atoms with E-state index in [-0.39, 0.29) is 16.6 Å². The Bertz CT molecular complexity index is 587. The molecule has 19 heavy (non-hydrogen) atoms. The van der Waals surface area contributed by atoms with E-state index in [1.54, 1.807) is 30.6 Å². The molecule has 2 rings (SSSR count). The molecular weight excluding hydrogens is 264 g/mol. The molecule has 0 saturated heterocycles. The van der Waals surface area contributed by atoms with Crippen molar-refractivity contribution in [3.63, 3.8) is 0 Å². The van der Waals surface area contributed by atoms with Crippen molar-refractivity contribution >= 4 is 23.3 Å². The summed E-state index contributed by atoms with van der Waals surface area (Å²) in [6.07, 6.45) is 3.43. The molecule has 2 N–H and O–H groups in total. The summed E-state index contributed by atoms with van der Waals surface area (Å²) in [7, 11) is 0. The van der Waals surface area contributed by atoms with Gasteiger partial charge in [0.1, 0.15) is 5.56 Å². The van der Waals surface area contributed by atoms with Gasteiger partial charge in [0.05, 0.1) is 16.8 Å². The number of aromatic nitrogens is 1. The molecule has 1 atom stereocenters. The van der Waals surface area contributed by atoms with Gasteiger partial charge < -0.3 is 10.4 Å². The molecule has 0 bridgehead atoms. The largest absolute Gasteiger partial charge is 0.478 e. The number of nitrogens with zero attached hydrogens (tertiary/aromatic N) is 1. The Kier molecular flexibility index (Phi) is 4.02. The van der Waals surface area contributed by atoms with E-state index in [0.717, 1.165) is 5.56 Å². The number of halogens is 1. The number of benzene rings is 1. The maximum absolute atomic E-state index is 11.2. The summed E-state index contributed by atoms with van der Waals surface area (Å²) in [4.78, 5) is 15.3. The van der Waals surface area contributed by atoms with Crippen LogP contribution in [0, 0.1) is 0 Å². The SMILES string of the molecule is CC(Nc1cccc(Cl)c1C(=O)O)c1cccnc1. The summed E-state index contributed by atoms with van der Waals surface area (Å²) in [5.41, 5.74) is 1.55. The molecule has 0 spiro atoms. The number of rotatable bonds is 4. The summed E-state index contributed by atoms with van der Waals surface area (Å²) in [5, 5.41) is 12.6.